The van der Waals surface area contributed by atoms with Gasteiger partial charge in [0.1, 0.15) is 5.75 Å². The molecule has 0 unspecified atom stereocenters. The molecule has 2 N–H and O–H groups in total. The summed E-state index contributed by atoms with van der Waals surface area (Å²) in [4.78, 5) is 3.60. The Morgan fingerprint density at radius 2 is 1.86 bits per heavy atom. The Labute approximate surface area is 130 Å². The van der Waals surface area contributed by atoms with E-state index in [0.717, 1.165) is 30.2 Å². The lowest BCUT2D eigenvalue weighted by Crippen LogP contribution is -2.21. The van der Waals surface area contributed by atoms with Crippen LogP contribution in [0.15, 0.2) is 41.3 Å². The van der Waals surface area contributed by atoms with Gasteiger partial charge in [0.15, 0.2) is 0 Å². The van der Waals surface area contributed by atoms with Gasteiger partial charge in [-0.2, -0.15) is 0 Å². The van der Waals surface area contributed by atoms with E-state index in [1.54, 1.807) is 0 Å². The summed E-state index contributed by atoms with van der Waals surface area (Å²) in [6, 6.07) is 12.5. The van der Waals surface area contributed by atoms with Gasteiger partial charge < -0.3 is 9.64 Å². The van der Waals surface area contributed by atoms with E-state index in [9.17, 15) is 0 Å². The summed E-state index contributed by atoms with van der Waals surface area (Å²) in [6.07, 6.45) is 3.80. The third-order valence-corrected chi connectivity index (χ3v) is 4.53. The largest absolute Gasteiger partial charge is 0.494 e. The Kier molecular flexibility index (Phi) is 5.01. The van der Waals surface area contributed by atoms with Crippen molar-refractivity contribution in [2.75, 3.05) is 26.2 Å². The summed E-state index contributed by atoms with van der Waals surface area (Å²) in [7, 11) is 0. The van der Waals surface area contributed by atoms with Crippen LogP contribution in [-0.4, -0.2) is 31.1 Å². The molecule has 1 aliphatic rings. The van der Waals surface area contributed by atoms with Crippen LogP contribution in [-0.2, 0) is 0 Å². The van der Waals surface area contributed by atoms with Crippen LogP contribution in [0.1, 0.15) is 19.3 Å². The molecule has 0 bridgehead atoms. The Balaban J connectivity index is 1.56. The lowest BCUT2D eigenvalue weighted by molar-refractivity contribution is 0.263. The third-order valence-electron chi connectivity index (χ3n) is 4.01. The molecular weight excluding hydrogens is 280 g/mol. The molecule has 2 aromatic rings. The van der Waals surface area contributed by atoms with Gasteiger partial charge in [0.2, 0.25) is 0 Å². The topological polar surface area (TPSA) is 38.5 Å². The van der Waals surface area contributed by atoms with Gasteiger partial charge in [-0.25, -0.2) is 0 Å². The molecule has 1 heterocycles. The van der Waals surface area contributed by atoms with Crippen molar-refractivity contribution in [3.05, 3.63) is 36.4 Å². The van der Waals surface area contributed by atoms with Crippen LogP contribution in [0.5, 0.6) is 5.75 Å². The molecule has 1 aliphatic heterocycles. The standard InChI is InChI=1S/C17H22N2OS/c18-21-17-7-5-14-4-6-16(12-15(14)13-17)20-11-3-10-19-8-1-2-9-19/h4-7,12-13H,1-3,8-11,18H2. The normalized spacial score (nSPS) is 15.7. The van der Waals surface area contributed by atoms with Crippen molar-refractivity contribution < 1.29 is 4.74 Å². The van der Waals surface area contributed by atoms with E-state index in [2.05, 4.69) is 29.2 Å². The summed E-state index contributed by atoms with van der Waals surface area (Å²) >= 11 is 1.28. The van der Waals surface area contributed by atoms with Gasteiger partial charge in [-0.15, -0.1) is 0 Å². The molecular formula is C17H22N2OS. The first-order valence-corrected chi connectivity index (χ1v) is 8.49. The first kappa shape index (κ1) is 14.7. The number of benzene rings is 2. The Hall–Kier alpha value is -1.23. The molecule has 1 fully saturated rings. The minimum absolute atomic E-state index is 0.785. The number of hydrogen-bond acceptors (Lipinski definition) is 4. The number of ether oxygens (including phenoxy) is 1. The summed E-state index contributed by atoms with van der Waals surface area (Å²) in [5, 5.41) is 8.02. The molecule has 21 heavy (non-hydrogen) atoms. The number of rotatable bonds is 6. The van der Waals surface area contributed by atoms with Gasteiger partial charge in [0.05, 0.1) is 6.61 Å². The predicted molar refractivity (Wildman–Crippen MR) is 89.8 cm³/mol. The average Bonchev–Trinajstić information content (AvgIpc) is 3.04. The minimum Gasteiger partial charge on any atom is -0.494 e. The van der Waals surface area contributed by atoms with Crippen LogP contribution in [0.4, 0.5) is 0 Å². The van der Waals surface area contributed by atoms with Crippen molar-refractivity contribution in [1.82, 2.24) is 4.90 Å². The Bertz CT molecular complexity index is 596. The van der Waals surface area contributed by atoms with Crippen LogP contribution in [0.25, 0.3) is 10.8 Å². The lowest BCUT2D eigenvalue weighted by atomic mass is 10.1. The predicted octanol–water partition coefficient (Wildman–Crippen LogP) is 3.67. The molecule has 1 saturated heterocycles. The fourth-order valence-electron chi connectivity index (χ4n) is 2.85. The van der Waals surface area contributed by atoms with E-state index in [-0.39, 0.29) is 0 Å². The molecule has 0 saturated carbocycles. The maximum atomic E-state index is 5.88. The first-order valence-electron chi connectivity index (χ1n) is 7.61. The van der Waals surface area contributed by atoms with E-state index >= 15 is 0 Å². The van der Waals surface area contributed by atoms with E-state index in [1.165, 1.54) is 48.7 Å². The highest BCUT2D eigenvalue weighted by molar-refractivity contribution is 7.97. The highest BCUT2D eigenvalue weighted by Gasteiger charge is 2.10. The summed E-state index contributed by atoms with van der Waals surface area (Å²) in [5.41, 5.74) is 0. The molecule has 0 aliphatic carbocycles. The van der Waals surface area contributed by atoms with E-state index in [0.29, 0.717) is 0 Å². The zero-order valence-corrected chi connectivity index (χ0v) is 13.1. The molecule has 0 radical (unpaired) electrons. The van der Waals surface area contributed by atoms with Crippen molar-refractivity contribution in [1.29, 1.82) is 0 Å². The van der Waals surface area contributed by atoms with Crippen LogP contribution in [0, 0.1) is 0 Å². The second kappa shape index (κ2) is 7.16. The SMILES string of the molecule is NSc1ccc2ccc(OCCCN3CCCC3)cc2c1. The fraction of sp³-hybridized carbons (Fsp3) is 0.412. The molecule has 3 nitrogen and oxygen atoms in total. The molecule has 0 aromatic heterocycles. The van der Waals surface area contributed by atoms with Crippen LogP contribution in [0.3, 0.4) is 0 Å². The summed E-state index contributed by atoms with van der Waals surface area (Å²) in [5.74, 6) is 0.947. The van der Waals surface area contributed by atoms with Gasteiger partial charge in [0, 0.05) is 11.4 Å². The zero-order chi connectivity index (χ0) is 14.5. The smallest absolute Gasteiger partial charge is 0.119 e. The quantitative estimate of drug-likeness (QED) is 0.653. The van der Waals surface area contributed by atoms with Gasteiger partial charge in [0.25, 0.3) is 0 Å². The van der Waals surface area contributed by atoms with Gasteiger partial charge in [-0.05, 0) is 79.3 Å². The zero-order valence-electron chi connectivity index (χ0n) is 12.3. The molecule has 0 atom stereocenters. The molecule has 0 spiro atoms. The average molecular weight is 302 g/mol. The van der Waals surface area contributed by atoms with Crippen LogP contribution >= 0.6 is 11.9 Å². The molecule has 112 valence electrons. The van der Waals surface area contributed by atoms with Crippen molar-refractivity contribution in [3.63, 3.8) is 0 Å². The second-order valence-corrected chi connectivity index (χ2v) is 6.25. The van der Waals surface area contributed by atoms with Crippen LogP contribution < -0.4 is 9.88 Å². The monoisotopic (exact) mass is 302 g/mol. The van der Waals surface area contributed by atoms with Crippen molar-refractivity contribution in [2.24, 2.45) is 5.14 Å². The van der Waals surface area contributed by atoms with E-state index < -0.39 is 0 Å². The highest BCUT2D eigenvalue weighted by atomic mass is 32.2. The number of nitrogens with two attached hydrogens (primary N) is 1. The van der Waals surface area contributed by atoms with Crippen molar-refractivity contribution in [2.45, 2.75) is 24.2 Å². The van der Waals surface area contributed by atoms with E-state index in [1.807, 2.05) is 12.1 Å². The van der Waals surface area contributed by atoms with Crippen molar-refractivity contribution >= 4 is 22.7 Å². The maximum Gasteiger partial charge on any atom is 0.119 e. The number of nitrogens with zero attached hydrogens (tertiary/aromatic N) is 1. The third kappa shape index (κ3) is 3.90. The fourth-order valence-corrected chi connectivity index (χ4v) is 3.19. The first-order chi connectivity index (χ1) is 10.3. The Morgan fingerprint density at radius 1 is 1.05 bits per heavy atom. The molecule has 4 heteroatoms. The highest BCUT2D eigenvalue weighted by Crippen LogP contribution is 2.24. The summed E-state index contributed by atoms with van der Waals surface area (Å²) in [6.45, 7) is 4.46. The van der Waals surface area contributed by atoms with Gasteiger partial charge in [-0.1, -0.05) is 12.1 Å². The molecule has 0 amide bonds. The second-order valence-electron chi connectivity index (χ2n) is 5.54. The lowest BCUT2D eigenvalue weighted by Gasteiger charge is -2.14. The number of fused-ring (bicyclic) bond motifs is 1. The molecule has 2 aromatic carbocycles. The summed E-state index contributed by atoms with van der Waals surface area (Å²) < 4.78 is 5.88. The van der Waals surface area contributed by atoms with E-state index in [4.69, 9.17) is 9.88 Å². The number of likely N-dealkylation sites (tertiary alicyclic amines) is 1. The number of hydrogen-bond donors (Lipinski definition) is 1. The van der Waals surface area contributed by atoms with Crippen LogP contribution in [0.2, 0.25) is 0 Å². The van der Waals surface area contributed by atoms with Gasteiger partial charge in [-0.3, -0.25) is 5.14 Å². The maximum absolute atomic E-state index is 5.88. The van der Waals surface area contributed by atoms with Crippen molar-refractivity contribution in [3.8, 4) is 5.75 Å². The minimum atomic E-state index is 0.785. The molecule has 3 rings (SSSR count). The van der Waals surface area contributed by atoms with Gasteiger partial charge >= 0.3 is 0 Å². The Morgan fingerprint density at radius 3 is 2.67 bits per heavy atom.